The number of ether oxygens (including phenoxy) is 1. The molecule has 0 aliphatic rings. The Hall–Kier alpha value is -2.75. The summed E-state index contributed by atoms with van der Waals surface area (Å²) < 4.78 is 7.74. The molecule has 0 aliphatic heterocycles. The maximum absolute atomic E-state index is 9.61. The molecule has 118 valence electrons. The summed E-state index contributed by atoms with van der Waals surface area (Å²) in [6.45, 7) is 3.47. The normalized spacial score (nSPS) is 10.7. The lowest BCUT2D eigenvalue weighted by molar-refractivity contribution is 0.298. The molecule has 0 saturated carbocycles. The van der Waals surface area contributed by atoms with E-state index in [2.05, 4.69) is 24.0 Å². The molecule has 3 rings (SSSR count). The minimum Gasteiger partial charge on any atom is -0.508 e. The highest BCUT2D eigenvalue weighted by Gasteiger charge is 2.05. The minimum absolute atomic E-state index is 0.310. The number of phenolic OH excluding ortho intramolecular Hbond substituents is 1. The Morgan fingerprint density at radius 3 is 2.65 bits per heavy atom. The van der Waals surface area contributed by atoms with Gasteiger partial charge in [0, 0.05) is 12.4 Å². The molecule has 1 heterocycles. The second-order valence-electron chi connectivity index (χ2n) is 5.37. The van der Waals surface area contributed by atoms with Crippen molar-refractivity contribution < 1.29 is 9.84 Å². The first-order valence-electron chi connectivity index (χ1n) is 7.77. The maximum atomic E-state index is 9.61. The minimum atomic E-state index is 0.310. The van der Waals surface area contributed by atoms with E-state index in [1.54, 1.807) is 18.6 Å². The van der Waals surface area contributed by atoms with Crippen molar-refractivity contribution >= 4 is 0 Å². The molecule has 1 N–H and O–H groups in total. The van der Waals surface area contributed by atoms with Crippen molar-refractivity contribution in [1.82, 2.24) is 9.55 Å². The van der Waals surface area contributed by atoms with Gasteiger partial charge >= 0.3 is 0 Å². The number of hydrogen-bond donors (Lipinski definition) is 1. The van der Waals surface area contributed by atoms with Gasteiger partial charge in [-0.2, -0.15) is 0 Å². The van der Waals surface area contributed by atoms with Gasteiger partial charge in [0.05, 0.1) is 12.9 Å². The first-order chi connectivity index (χ1) is 11.3. The van der Waals surface area contributed by atoms with Crippen molar-refractivity contribution in [2.75, 3.05) is 6.61 Å². The number of aromatic nitrogens is 2. The van der Waals surface area contributed by atoms with Crippen LogP contribution in [-0.4, -0.2) is 21.3 Å². The molecular formula is C19H20N2O2. The third-order valence-electron chi connectivity index (χ3n) is 3.81. The van der Waals surface area contributed by atoms with E-state index in [1.165, 1.54) is 0 Å². The molecule has 0 fully saturated rings. The van der Waals surface area contributed by atoms with E-state index in [9.17, 15) is 5.11 Å². The number of phenols is 1. The summed E-state index contributed by atoms with van der Waals surface area (Å²) in [6.07, 6.45) is 6.35. The monoisotopic (exact) mass is 308 g/mol. The Morgan fingerprint density at radius 1 is 1.13 bits per heavy atom. The Labute approximate surface area is 136 Å². The van der Waals surface area contributed by atoms with Crippen LogP contribution in [0.25, 0.3) is 11.1 Å². The topological polar surface area (TPSA) is 47.3 Å². The SMILES string of the molecule is CCc1cc(O)ccc1-c1ccc(OCCn2ccnc2)cc1. The number of nitrogens with zero attached hydrogens (tertiary/aromatic N) is 2. The molecule has 0 bridgehead atoms. The molecule has 0 unspecified atom stereocenters. The number of aromatic hydroxyl groups is 1. The summed E-state index contributed by atoms with van der Waals surface area (Å²) >= 11 is 0. The highest BCUT2D eigenvalue weighted by molar-refractivity contribution is 5.69. The van der Waals surface area contributed by atoms with E-state index < -0.39 is 0 Å². The lowest BCUT2D eigenvalue weighted by atomic mass is 9.98. The van der Waals surface area contributed by atoms with Crippen LogP contribution in [0.1, 0.15) is 12.5 Å². The summed E-state index contributed by atoms with van der Waals surface area (Å²) in [7, 11) is 0. The maximum Gasteiger partial charge on any atom is 0.119 e. The standard InChI is InChI=1S/C19H20N2O2/c1-2-15-13-17(22)5-8-19(15)16-3-6-18(7-4-16)23-12-11-21-10-9-20-14-21/h3-10,13-14,22H,2,11-12H2,1H3. The lowest BCUT2D eigenvalue weighted by Gasteiger charge is -2.11. The molecule has 0 spiro atoms. The molecule has 4 nitrogen and oxygen atoms in total. The van der Waals surface area contributed by atoms with Gasteiger partial charge in [0.15, 0.2) is 0 Å². The first-order valence-corrected chi connectivity index (χ1v) is 7.77. The molecule has 0 amide bonds. The van der Waals surface area contributed by atoms with Crippen LogP contribution in [0.3, 0.4) is 0 Å². The third-order valence-corrected chi connectivity index (χ3v) is 3.81. The van der Waals surface area contributed by atoms with Gasteiger partial charge in [0.2, 0.25) is 0 Å². The van der Waals surface area contributed by atoms with E-state index in [0.29, 0.717) is 12.4 Å². The smallest absolute Gasteiger partial charge is 0.119 e. The highest BCUT2D eigenvalue weighted by Crippen LogP contribution is 2.28. The number of hydrogen-bond acceptors (Lipinski definition) is 3. The average Bonchev–Trinajstić information content (AvgIpc) is 3.09. The fourth-order valence-corrected chi connectivity index (χ4v) is 2.57. The van der Waals surface area contributed by atoms with Crippen LogP contribution in [0.2, 0.25) is 0 Å². The van der Waals surface area contributed by atoms with Crippen molar-refractivity contribution in [3.05, 3.63) is 66.7 Å². The van der Waals surface area contributed by atoms with Crippen molar-refractivity contribution in [3.8, 4) is 22.6 Å². The zero-order valence-corrected chi connectivity index (χ0v) is 13.1. The van der Waals surface area contributed by atoms with Gasteiger partial charge in [0.1, 0.15) is 18.1 Å². The summed E-state index contributed by atoms with van der Waals surface area (Å²) in [5.74, 6) is 1.16. The molecule has 2 aromatic carbocycles. The van der Waals surface area contributed by atoms with Crippen molar-refractivity contribution in [2.45, 2.75) is 19.9 Å². The predicted molar refractivity (Wildman–Crippen MR) is 90.6 cm³/mol. The number of benzene rings is 2. The molecular weight excluding hydrogens is 288 g/mol. The van der Waals surface area contributed by atoms with E-state index in [4.69, 9.17) is 4.74 Å². The summed E-state index contributed by atoms with van der Waals surface area (Å²) in [5, 5.41) is 9.61. The van der Waals surface area contributed by atoms with Crippen LogP contribution in [0.5, 0.6) is 11.5 Å². The van der Waals surface area contributed by atoms with E-state index >= 15 is 0 Å². The zero-order chi connectivity index (χ0) is 16.1. The molecule has 0 radical (unpaired) electrons. The largest absolute Gasteiger partial charge is 0.508 e. The van der Waals surface area contributed by atoms with Gasteiger partial charge in [0.25, 0.3) is 0 Å². The fourth-order valence-electron chi connectivity index (χ4n) is 2.57. The number of imidazole rings is 1. The summed E-state index contributed by atoms with van der Waals surface area (Å²) in [4.78, 5) is 4.01. The van der Waals surface area contributed by atoms with Crippen LogP contribution >= 0.6 is 0 Å². The summed E-state index contributed by atoms with van der Waals surface area (Å²) in [6, 6.07) is 13.6. The fraction of sp³-hybridized carbons (Fsp3) is 0.211. The Kier molecular flexibility index (Phi) is 4.62. The zero-order valence-electron chi connectivity index (χ0n) is 13.1. The van der Waals surface area contributed by atoms with Crippen LogP contribution in [0, 0.1) is 0 Å². The molecule has 3 aromatic rings. The number of aryl methyl sites for hydroxylation is 1. The Bertz CT molecular complexity index is 750. The Balaban J connectivity index is 1.67. The lowest BCUT2D eigenvalue weighted by Crippen LogP contribution is -2.06. The van der Waals surface area contributed by atoms with Crippen LogP contribution in [0.4, 0.5) is 0 Å². The quantitative estimate of drug-likeness (QED) is 0.751. The molecule has 0 atom stereocenters. The van der Waals surface area contributed by atoms with Crippen molar-refractivity contribution in [3.63, 3.8) is 0 Å². The summed E-state index contributed by atoms with van der Waals surface area (Å²) in [5.41, 5.74) is 3.41. The van der Waals surface area contributed by atoms with Gasteiger partial charge in [-0.05, 0) is 47.4 Å². The molecule has 0 saturated heterocycles. The van der Waals surface area contributed by atoms with Crippen molar-refractivity contribution in [2.24, 2.45) is 0 Å². The second-order valence-corrected chi connectivity index (χ2v) is 5.37. The highest BCUT2D eigenvalue weighted by atomic mass is 16.5. The van der Waals surface area contributed by atoms with E-state index in [0.717, 1.165) is 35.4 Å². The van der Waals surface area contributed by atoms with E-state index in [1.807, 2.05) is 35.0 Å². The second kappa shape index (κ2) is 7.01. The number of rotatable bonds is 6. The van der Waals surface area contributed by atoms with Crippen LogP contribution in [0.15, 0.2) is 61.2 Å². The van der Waals surface area contributed by atoms with Gasteiger partial charge in [-0.3, -0.25) is 0 Å². The molecule has 1 aromatic heterocycles. The van der Waals surface area contributed by atoms with Gasteiger partial charge < -0.3 is 14.4 Å². The van der Waals surface area contributed by atoms with Crippen LogP contribution < -0.4 is 4.74 Å². The molecule has 0 aliphatic carbocycles. The third kappa shape index (κ3) is 3.72. The van der Waals surface area contributed by atoms with Crippen molar-refractivity contribution in [1.29, 1.82) is 0 Å². The predicted octanol–water partition coefficient (Wildman–Crippen LogP) is 3.90. The van der Waals surface area contributed by atoms with Gasteiger partial charge in [-0.1, -0.05) is 25.1 Å². The molecule has 23 heavy (non-hydrogen) atoms. The van der Waals surface area contributed by atoms with Gasteiger partial charge in [-0.15, -0.1) is 0 Å². The first kappa shape index (κ1) is 15.2. The van der Waals surface area contributed by atoms with Crippen LogP contribution in [-0.2, 0) is 13.0 Å². The molecule has 4 heteroatoms. The Morgan fingerprint density at radius 2 is 1.96 bits per heavy atom. The average molecular weight is 308 g/mol. The van der Waals surface area contributed by atoms with Gasteiger partial charge in [-0.25, -0.2) is 4.98 Å². The van der Waals surface area contributed by atoms with E-state index in [-0.39, 0.29) is 0 Å².